The van der Waals surface area contributed by atoms with Gasteiger partial charge in [-0.2, -0.15) is 0 Å². The molecule has 0 aliphatic carbocycles. The molecule has 0 unspecified atom stereocenters. The predicted molar refractivity (Wildman–Crippen MR) is 373 cm³/mol. The highest BCUT2D eigenvalue weighted by Gasteiger charge is 2.17. The molecule has 0 amide bonds. The van der Waals surface area contributed by atoms with Gasteiger partial charge in [0.15, 0.2) is 0 Å². The van der Waals surface area contributed by atoms with E-state index < -0.39 is 0 Å². The van der Waals surface area contributed by atoms with Crippen LogP contribution in [0.1, 0.15) is 0 Å². The highest BCUT2D eigenvalue weighted by atomic mass is 15.1. The van der Waals surface area contributed by atoms with Gasteiger partial charge in [0.2, 0.25) is 0 Å². The second kappa shape index (κ2) is 26.4. The first-order valence-corrected chi connectivity index (χ1v) is 29.6. The molecule has 0 aliphatic heterocycles. The minimum Gasteiger partial charge on any atom is -0.355 e. The highest BCUT2D eigenvalue weighted by molar-refractivity contribution is 6.01. The van der Waals surface area contributed by atoms with Crippen molar-refractivity contribution in [1.82, 2.24) is 0 Å². The van der Waals surface area contributed by atoms with Gasteiger partial charge in [-0.25, -0.2) is 0 Å². The zero-order valence-electron chi connectivity index (χ0n) is 48.2. The smallest absolute Gasteiger partial charge is 0.0540 e. The van der Waals surface area contributed by atoms with Crippen LogP contribution in [0.2, 0.25) is 0 Å². The quantitative estimate of drug-likeness (QED) is 0.132. The number of nitrogens with zero attached hydrogens (tertiary/aromatic N) is 2. The summed E-state index contributed by atoms with van der Waals surface area (Å²) < 4.78 is 0. The van der Waals surface area contributed by atoms with Gasteiger partial charge in [-0.15, -0.1) is 0 Å². The average molecular weight is 1110 g/mol. The van der Waals surface area contributed by atoms with Gasteiger partial charge in [0, 0.05) is 50.3 Å². The fourth-order valence-corrected chi connectivity index (χ4v) is 11.4. The average Bonchev–Trinajstić information content (AvgIpc) is 2.82. The van der Waals surface area contributed by atoms with Crippen LogP contribution in [0, 0.1) is 0 Å². The Kier molecular flexibility index (Phi) is 16.6. The van der Waals surface area contributed by atoms with E-state index in [1.165, 1.54) is 76.8 Å². The summed E-state index contributed by atoms with van der Waals surface area (Å²) in [6, 6.07) is 133. The van der Waals surface area contributed by atoms with Gasteiger partial charge in [-0.3, -0.25) is 0 Å². The van der Waals surface area contributed by atoms with Crippen molar-refractivity contribution >= 4 is 77.8 Å². The summed E-state index contributed by atoms with van der Waals surface area (Å²) in [5.41, 5.74) is 18.9. The van der Waals surface area contributed by atoms with Crippen LogP contribution in [0.15, 0.2) is 376 Å². The number of rotatable bonds is 12. The third kappa shape index (κ3) is 12.7. The third-order valence-electron chi connectivity index (χ3n) is 15.8. The van der Waals surface area contributed by atoms with Crippen molar-refractivity contribution in [2.24, 2.45) is 0 Å². The van der Waals surface area contributed by atoms with Crippen LogP contribution >= 0.6 is 0 Å². The SMILES string of the molecule is c1ccc(-c2ccc(-c3ccccc3)cc2)cc1.c1ccc(N(c2ccc(-c3ccc(-c4ccc(N(c5ccccc5)c5cccc6ccccc56)cc4)cc3)cc2)c2cccc3ccccc23)cc1.c1ccc(Nc2cccc3ccccc23)cc1. The van der Waals surface area contributed by atoms with E-state index in [0.29, 0.717) is 0 Å². The molecule has 0 heterocycles. The van der Waals surface area contributed by atoms with Crippen molar-refractivity contribution in [2.45, 2.75) is 0 Å². The largest absolute Gasteiger partial charge is 0.355 e. The lowest BCUT2D eigenvalue weighted by molar-refractivity contribution is 1.30. The summed E-state index contributed by atoms with van der Waals surface area (Å²) in [4.78, 5) is 4.69. The summed E-state index contributed by atoms with van der Waals surface area (Å²) in [6.45, 7) is 0. The van der Waals surface area contributed by atoms with Gasteiger partial charge in [0.1, 0.15) is 0 Å². The zero-order valence-corrected chi connectivity index (χ0v) is 48.2. The van der Waals surface area contributed by atoms with E-state index in [0.717, 1.165) is 45.5 Å². The highest BCUT2D eigenvalue weighted by Crippen LogP contribution is 2.42. The Labute approximate surface area is 510 Å². The topological polar surface area (TPSA) is 18.5 Å². The first-order valence-electron chi connectivity index (χ1n) is 29.6. The molecule has 0 spiro atoms. The summed E-state index contributed by atoms with van der Waals surface area (Å²) in [6.07, 6.45) is 0. The lowest BCUT2D eigenvalue weighted by Crippen LogP contribution is -2.10. The van der Waals surface area contributed by atoms with Crippen LogP contribution in [0.5, 0.6) is 0 Å². The number of nitrogens with one attached hydrogen (secondary N) is 1. The van der Waals surface area contributed by atoms with Gasteiger partial charge in [-0.05, 0) is 140 Å². The molecule has 3 heteroatoms. The van der Waals surface area contributed by atoms with Crippen molar-refractivity contribution in [3.8, 4) is 44.5 Å². The van der Waals surface area contributed by atoms with E-state index in [2.05, 4.69) is 361 Å². The normalized spacial score (nSPS) is 10.8. The Morgan fingerprint density at radius 2 is 0.425 bits per heavy atom. The van der Waals surface area contributed by atoms with E-state index in [4.69, 9.17) is 0 Å². The Hall–Kier alpha value is -11.5. The Balaban J connectivity index is 0.000000161. The number of hydrogen-bond donors (Lipinski definition) is 1. The fourth-order valence-electron chi connectivity index (χ4n) is 11.4. The van der Waals surface area contributed by atoms with Crippen LogP contribution in [0.3, 0.4) is 0 Å². The lowest BCUT2D eigenvalue weighted by Gasteiger charge is -2.27. The molecule has 87 heavy (non-hydrogen) atoms. The summed E-state index contributed by atoms with van der Waals surface area (Å²) >= 11 is 0. The van der Waals surface area contributed by atoms with E-state index in [9.17, 15) is 0 Å². The maximum absolute atomic E-state index is 3.45. The number of hydrogen-bond acceptors (Lipinski definition) is 3. The fraction of sp³-hybridized carbons (Fsp3) is 0. The molecular formula is C84H63N3. The van der Waals surface area contributed by atoms with E-state index >= 15 is 0 Å². The first-order chi connectivity index (χ1) is 43.2. The van der Waals surface area contributed by atoms with Gasteiger partial charge < -0.3 is 15.1 Å². The molecule has 0 saturated heterocycles. The summed E-state index contributed by atoms with van der Waals surface area (Å²) in [5.74, 6) is 0. The summed E-state index contributed by atoms with van der Waals surface area (Å²) in [5, 5.41) is 10.9. The van der Waals surface area contributed by atoms with E-state index in [1.54, 1.807) is 0 Å². The van der Waals surface area contributed by atoms with Gasteiger partial charge in [0.25, 0.3) is 0 Å². The molecule has 0 bridgehead atoms. The maximum Gasteiger partial charge on any atom is 0.0540 e. The van der Waals surface area contributed by atoms with Crippen LogP contribution in [0.25, 0.3) is 76.8 Å². The Bertz CT molecular complexity index is 4390. The van der Waals surface area contributed by atoms with Gasteiger partial charge in [0.05, 0.1) is 11.4 Å². The molecule has 0 fully saturated rings. The standard InChI is InChI=1S/C50H36N2.C18H14.C16H13N/c1-3-17-43(18-4-1)51(49-23-11-15-41-13-7-9-21-47(41)49)45-33-29-39(30-34-45)37-25-27-38(28-26-37)40-31-35-46(36-32-40)52(44-19-5-2-6-20-44)50-24-12-16-42-14-8-10-22-48(42)50;1-3-7-15(8-4-1)17-11-13-18(14-12-17)16-9-5-2-6-10-16;1-2-9-14(10-3-1)17-16-12-6-8-13-7-4-5-11-15(13)16/h1-36H;1-14H;1-12,17H. The molecule has 1 N–H and O–H groups in total. The maximum atomic E-state index is 3.45. The Morgan fingerprint density at radius 3 is 0.805 bits per heavy atom. The third-order valence-corrected chi connectivity index (χ3v) is 15.8. The molecule has 0 aromatic heterocycles. The molecule has 3 nitrogen and oxygen atoms in total. The second-order valence-corrected chi connectivity index (χ2v) is 21.3. The number of para-hydroxylation sites is 3. The monoisotopic (exact) mass is 1110 g/mol. The first kappa shape index (κ1) is 54.7. The lowest BCUT2D eigenvalue weighted by atomic mass is 9.99. The molecular weight excluding hydrogens is 1050 g/mol. The molecule has 15 aromatic carbocycles. The van der Waals surface area contributed by atoms with Crippen molar-refractivity contribution < 1.29 is 0 Å². The minimum absolute atomic E-state index is 1.11. The van der Waals surface area contributed by atoms with Crippen molar-refractivity contribution in [3.63, 3.8) is 0 Å². The molecule has 0 aliphatic rings. The molecule has 15 aromatic rings. The van der Waals surface area contributed by atoms with Crippen LogP contribution < -0.4 is 15.1 Å². The molecule has 414 valence electrons. The van der Waals surface area contributed by atoms with Crippen molar-refractivity contribution in [1.29, 1.82) is 0 Å². The minimum atomic E-state index is 1.11. The number of anilines is 8. The molecule has 0 atom stereocenters. The molecule has 15 rings (SSSR count). The zero-order chi connectivity index (χ0) is 58.4. The number of benzene rings is 15. The van der Waals surface area contributed by atoms with Crippen LogP contribution in [-0.4, -0.2) is 0 Å². The molecule has 0 saturated carbocycles. The number of fused-ring (bicyclic) bond motifs is 3. The van der Waals surface area contributed by atoms with E-state index in [1.807, 2.05) is 30.3 Å². The van der Waals surface area contributed by atoms with Crippen LogP contribution in [0.4, 0.5) is 45.5 Å². The summed E-state index contributed by atoms with van der Waals surface area (Å²) in [7, 11) is 0. The Morgan fingerprint density at radius 1 is 0.172 bits per heavy atom. The predicted octanol–water partition coefficient (Wildman–Crippen LogP) is 23.9. The van der Waals surface area contributed by atoms with Gasteiger partial charge >= 0.3 is 0 Å². The van der Waals surface area contributed by atoms with Crippen LogP contribution in [-0.2, 0) is 0 Å². The van der Waals surface area contributed by atoms with Crippen molar-refractivity contribution in [3.05, 3.63) is 376 Å². The second-order valence-electron chi connectivity index (χ2n) is 21.3. The molecule has 0 radical (unpaired) electrons. The van der Waals surface area contributed by atoms with Crippen molar-refractivity contribution in [2.75, 3.05) is 15.1 Å². The van der Waals surface area contributed by atoms with Gasteiger partial charge in [-0.1, -0.05) is 297 Å². The van der Waals surface area contributed by atoms with E-state index in [-0.39, 0.29) is 0 Å².